The van der Waals surface area contributed by atoms with Gasteiger partial charge >= 0.3 is 118 Å². The van der Waals surface area contributed by atoms with E-state index >= 15 is 0 Å². The van der Waals surface area contributed by atoms with Crippen molar-refractivity contribution in [2.45, 2.75) is 6.92 Å². The van der Waals surface area contributed by atoms with Crippen molar-refractivity contribution in [2.75, 3.05) is 59.1 Å². The molecule has 0 aromatic carbocycles. The molecule has 32 heavy (non-hydrogen) atoms. The van der Waals surface area contributed by atoms with E-state index in [9.17, 15) is 39.6 Å². The van der Waals surface area contributed by atoms with Crippen LogP contribution in [0.25, 0.3) is 0 Å². The van der Waals surface area contributed by atoms with E-state index in [2.05, 4.69) is 0 Å². The Morgan fingerprint density at radius 1 is 0.594 bits per heavy atom. The summed E-state index contributed by atoms with van der Waals surface area (Å²) in [6.45, 7) is -2.19. The quantitative estimate of drug-likeness (QED) is 0.188. The zero-order valence-corrected chi connectivity index (χ0v) is 27.4. The maximum Gasteiger partial charge on any atom is 1.00 e. The van der Waals surface area contributed by atoms with E-state index in [1.54, 1.807) is 6.92 Å². The SMILES string of the molecule is CC(CO)(CO)CO.O=C([O-])CN(CCN(CC(=O)[O-])CC(=O)[O-])CC(=O)[O-].[Na+].[Na+].[Na+].[Na+]. The topological polar surface area (TPSA) is 228 Å². The largest absolute Gasteiger partial charge is 1.00 e. The molecule has 164 valence electrons. The Morgan fingerprint density at radius 3 is 0.875 bits per heavy atom. The van der Waals surface area contributed by atoms with Gasteiger partial charge in [0, 0.05) is 44.7 Å². The molecule has 0 fully saturated rings. The van der Waals surface area contributed by atoms with E-state index in [0.29, 0.717) is 0 Å². The molecule has 0 aliphatic rings. The number of hydrogen-bond donors (Lipinski definition) is 3. The van der Waals surface area contributed by atoms with Gasteiger partial charge in [-0.25, -0.2) is 0 Å². The summed E-state index contributed by atoms with van der Waals surface area (Å²) in [5.41, 5.74) is -0.708. The second kappa shape index (κ2) is 27.3. The fourth-order valence-corrected chi connectivity index (χ4v) is 1.59. The van der Waals surface area contributed by atoms with Crippen LogP contribution in [0.1, 0.15) is 6.92 Å². The number of carboxylic acids is 4. The summed E-state index contributed by atoms with van der Waals surface area (Å²) >= 11 is 0. The first-order chi connectivity index (χ1) is 12.9. The van der Waals surface area contributed by atoms with Crippen molar-refractivity contribution in [3.8, 4) is 0 Å². The molecule has 0 spiro atoms. The Kier molecular flexibility index (Phi) is 40.0. The van der Waals surface area contributed by atoms with Crippen LogP contribution in [0.2, 0.25) is 0 Å². The van der Waals surface area contributed by atoms with Gasteiger partial charge in [0.15, 0.2) is 0 Å². The first-order valence-corrected chi connectivity index (χ1v) is 7.95. The molecule has 0 aliphatic carbocycles. The summed E-state index contributed by atoms with van der Waals surface area (Å²) < 4.78 is 0. The van der Waals surface area contributed by atoms with E-state index in [0.717, 1.165) is 9.80 Å². The van der Waals surface area contributed by atoms with E-state index in [-0.39, 0.29) is 151 Å². The number of aliphatic carboxylic acids is 4. The molecule has 0 aromatic rings. The van der Waals surface area contributed by atoms with Crippen LogP contribution in [-0.4, -0.2) is 108 Å². The second-order valence-electron chi connectivity index (χ2n) is 6.19. The fourth-order valence-electron chi connectivity index (χ4n) is 1.59. The second-order valence-corrected chi connectivity index (χ2v) is 6.19. The standard InChI is InChI=1S/C10H16N2O8.C5H12O3.4Na/c13-7(14)3-11(4-8(15)16)1-2-12(5-9(17)18)6-10(19)20;1-5(2-6,3-7)4-8;;;;/h1-6H2,(H,13,14)(H,15,16)(H,17,18)(H,19,20);6-8H,2-4H2,1H3;;;;/q;;4*+1/p-4. The Balaban J connectivity index is -0.000000122. The molecule has 0 radical (unpaired) electrons. The molecular weight excluding hydrogens is 476 g/mol. The average Bonchev–Trinajstić information content (AvgIpc) is 2.57. The van der Waals surface area contributed by atoms with Crippen LogP contribution in [0.3, 0.4) is 0 Å². The fraction of sp³-hybridized carbons (Fsp3) is 0.733. The van der Waals surface area contributed by atoms with Crippen molar-refractivity contribution in [2.24, 2.45) is 5.41 Å². The maximum atomic E-state index is 10.4. The normalized spacial score (nSPS) is 9.69. The predicted molar refractivity (Wildman–Crippen MR) is 82.3 cm³/mol. The molecule has 0 aromatic heterocycles. The molecule has 17 heteroatoms. The third-order valence-corrected chi connectivity index (χ3v) is 3.29. The summed E-state index contributed by atoms with van der Waals surface area (Å²) in [6.07, 6.45) is 0. The first kappa shape index (κ1) is 46.9. The van der Waals surface area contributed by atoms with E-state index in [1.165, 1.54) is 0 Å². The van der Waals surface area contributed by atoms with Crippen LogP contribution in [0.4, 0.5) is 0 Å². The first-order valence-electron chi connectivity index (χ1n) is 7.95. The average molecular weight is 500 g/mol. The van der Waals surface area contributed by atoms with Gasteiger partial charge in [0.25, 0.3) is 0 Å². The van der Waals surface area contributed by atoms with Gasteiger partial charge in [0.2, 0.25) is 0 Å². The number of aliphatic hydroxyl groups is 3. The Hall–Kier alpha value is 1.68. The van der Waals surface area contributed by atoms with E-state index in [4.69, 9.17) is 15.3 Å². The van der Waals surface area contributed by atoms with Gasteiger partial charge in [-0.2, -0.15) is 0 Å². The molecule has 0 saturated carbocycles. The van der Waals surface area contributed by atoms with Gasteiger partial charge in [-0.15, -0.1) is 0 Å². The minimum Gasteiger partial charge on any atom is -0.549 e. The molecule has 0 heterocycles. The van der Waals surface area contributed by atoms with E-state index < -0.39 is 55.5 Å². The van der Waals surface area contributed by atoms with Crippen LogP contribution in [0.15, 0.2) is 0 Å². The predicted octanol–water partition coefficient (Wildman–Crippen LogP) is -20.4. The molecule has 0 amide bonds. The monoisotopic (exact) mass is 500 g/mol. The van der Waals surface area contributed by atoms with Crippen LogP contribution in [0, 0.1) is 5.41 Å². The van der Waals surface area contributed by atoms with Gasteiger partial charge in [-0.3, -0.25) is 9.80 Å². The Morgan fingerprint density at radius 2 is 0.781 bits per heavy atom. The summed E-state index contributed by atoms with van der Waals surface area (Å²) in [7, 11) is 0. The summed E-state index contributed by atoms with van der Waals surface area (Å²) in [5.74, 6) is -6.12. The summed E-state index contributed by atoms with van der Waals surface area (Å²) in [4.78, 5) is 43.4. The van der Waals surface area contributed by atoms with Crippen molar-refractivity contribution in [3.05, 3.63) is 0 Å². The van der Waals surface area contributed by atoms with Crippen molar-refractivity contribution >= 4 is 23.9 Å². The van der Waals surface area contributed by atoms with Crippen molar-refractivity contribution in [1.82, 2.24) is 9.80 Å². The smallest absolute Gasteiger partial charge is 0.549 e. The van der Waals surface area contributed by atoms with Gasteiger partial charge < -0.3 is 54.9 Å². The van der Waals surface area contributed by atoms with Gasteiger partial charge in [0.05, 0.1) is 43.7 Å². The van der Waals surface area contributed by atoms with Crippen LogP contribution in [0.5, 0.6) is 0 Å². The van der Waals surface area contributed by atoms with Crippen molar-refractivity contribution < 1.29 is 173 Å². The number of carbonyl (C=O) groups excluding carboxylic acids is 4. The van der Waals surface area contributed by atoms with Crippen LogP contribution < -0.4 is 139 Å². The minimum absolute atomic E-state index is 0. The Bertz CT molecular complexity index is 449. The third-order valence-electron chi connectivity index (χ3n) is 3.29. The summed E-state index contributed by atoms with van der Waals surface area (Å²) in [5, 5.41) is 67.0. The number of aliphatic hydroxyl groups excluding tert-OH is 3. The molecule has 0 aliphatic heterocycles. The molecule has 13 nitrogen and oxygen atoms in total. The molecule has 0 atom stereocenters. The minimum atomic E-state index is -1.53. The molecule has 0 rings (SSSR count). The number of carbonyl (C=O) groups is 4. The van der Waals surface area contributed by atoms with Gasteiger partial charge in [0.1, 0.15) is 0 Å². The number of carboxylic acid groups (broad SMARTS) is 4. The summed E-state index contributed by atoms with van der Waals surface area (Å²) in [6, 6.07) is 0. The van der Waals surface area contributed by atoms with Gasteiger partial charge in [-0.1, -0.05) is 6.92 Å². The van der Waals surface area contributed by atoms with Crippen LogP contribution >= 0.6 is 0 Å². The molecule has 0 bridgehead atoms. The number of nitrogens with zero attached hydrogens (tertiary/aromatic N) is 2. The van der Waals surface area contributed by atoms with Crippen molar-refractivity contribution in [3.63, 3.8) is 0 Å². The third kappa shape index (κ3) is 29.7. The van der Waals surface area contributed by atoms with Gasteiger partial charge in [-0.05, 0) is 0 Å². The van der Waals surface area contributed by atoms with E-state index in [1.807, 2.05) is 0 Å². The Labute approximate surface area is 274 Å². The van der Waals surface area contributed by atoms with Crippen LogP contribution in [-0.2, 0) is 19.2 Å². The number of rotatable bonds is 14. The molecule has 3 N–H and O–H groups in total. The molecule has 0 saturated heterocycles. The molecular formula is C15H24N2Na4O11. The van der Waals surface area contributed by atoms with Crippen molar-refractivity contribution in [1.29, 1.82) is 0 Å². The molecule has 0 unspecified atom stereocenters. The zero-order valence-electron chi connectivity index (χ0n) is 19.4. The number of hydrogen-bond acceptors (Lipinski definition) is 13. The maximum absolute atomic E-state index is 10.4. The zero-order chi connectivity index (χ0) is 22.3.